The van der Waals surface area contributed by atoms with Crippen molar-refractivity contribution in [2.75, 3.05) is 25.6 Å². The van der Waals surface area contributed by atoms with Crippen molar-refractivity contribution in [2.24, 2.45) is 0 Å². The van der Waals surface area contributed by atoms with Crippen LogP contribution in [0.1, 0.15) is 0 Å². The van der Waals surface area contributed by atoms with E-state index < -0.39 is 10.0 Å². The molecule has 0 unspecified atom stereocenters. The summed E-state index contributed by atoms with van der Waals surface area (Å²) >= 11 is 6.58. The Bertz CT molecular complexity index is 363. The molecule has 0 atom stereocenters. The third-order valence-corrected chi connectivity index (χ3v) is 4.53. The normalized spacial score (nSPS) is 11.8. The first kappa shape index (κ1) is 12.9. The summed E-state index contributed by atoms with van der Waals surface area (Å²) in [5.41, 5.74) is 0. The molecule has 15 heavy (non-hydrogen) atoms. The minimum atomic E-state index is -3.35. The van der Waals surface area contributed by atoms with Gasteiger partial charge in [0.1, 0.15) is 4.21 Å². The fraction of sp³-hybridized carbons (Fsp3) is 0.500. The number of ether oxygens (including phenoxy) is 1. The lowest BCUT2D eigenvalue weighted by Crippen LogP contribution is -2.27. The van der Waals surface area contributed by atoms with Gasteiger partial charge in [0.15, 0.2) is 0 Å². The van der Waals surface area contributed by atoms with Crippen molar-refractivity contribution in [3.05, 3.63) is 17.5 Å². The molecule has 0 aliphatic rings. The van der Waals surface area contributed by atoms with Gasteiger partial charge in [0.2, 0.25) is 10.0 Å². The predicted molar refractivity (Wildman–Crippen MR) is 61.0 cm³/mol. The van der Waals surface area contributed by atoms with Crippen molar-refractivity contribution < 1.29 is 13.2 Å². The molecule has 0 bridgehead atoms. The molecular weight excluding hydrogens is 258 g/mol. The topological polar surface area (TPSA) is 55.4 Å². The summed E-state index contributed by atoms with van der Waals surface area (Å²) in [5.74, 6) is 0.414. The lowest BCUT2D eigenvalue weighted by atomic mass is 10.7. The van der Waals surface area contributed by atoms with Gasteiger partial charge >= 0.3 is 0 Å². The van der Waals surface area contributed by atoms with Crippen LogP contribution >= 0.6 is 22.9 Å². The van der Waals surface area contributed by atoms with Crippen molar-refractivity contribution in [1.82, 2.24) is 4.72 Å². The van der Waals surface area contributed by atoms with E-state index in [2.05, 4.69) is 4.72 Å². The van der Waals surface area contributed by atoms with Gasteiger partial charge in [-0.05, 0) is 11.4 Å². The van der Waals surface area contributed by atoms with Gasteiger partial charge in [-0.2, -0.15) is 0 Å². The van der Waals surface area contributed by atoms with Crippen LogP contribution < -0.4 is 4.72 Å². The number of thiophene rings is 1. The molecule has 1 N–H and O–H groups in total. The molecule has 4 nitrogen and oxygen atoms in total. The van der Waals surface area contributed by atoms with Gasteiger partial charge in [0.25, 0.3) is 0 Å². The average Bonchev–Trinajstić information content (AvgIpc) is 2.70. The number of sulfonamides is 1. The van der Waals surface area contributed by atoms with E-state index in [9.17, 15) is 8.42 Å². The third-order valence-electron chi connectivity index (χ3n) is 1.52. The molecule has 0 saturated heterocycles. The zero-order chi connectivity index (χ0) is 11.1. The molecule has 0 aliphatic heterocycles. The summed E-state index contributed by atoms with van der Waals surface area (Å²) in [6, 6.07) is 3.26. The van der Waals surface area contributed by atoms with Gasteiger partial charge in [-0.25, -0.2) is 13.1 Å². The Morgan fingerprint density at radius 3 is 2.87 bits per heavy atom. The first-order valence-electron chi connectivity index (χ1n) is 4.33. The molecule has 0 spiro atoms. The van der Waals surface area contributed by atoms with Crippen LogP contribution in [0.25, 0.3) is 0 Å². The fourth-order valence-corrected chi connectivity index (χ4v) is 3.05. The van der Waals surface area contributed by atoms with E-state index >= 15 is 0 Å². The van der Waals surface area contributed by atoms with Crippen molar-refractivity contribution in [1.29, 1.82) is 0 Å². The monoisotopic (exact) mass is 269 g/mol. The SMILES string of the molecule is O=S(=O)(NCCOCCCl)c1cccs1. The summed E-state index contributed by atoms with van der Waals surface area (Å²) in [4.78, 5) is 0. The van der Waals surface area contributed by atoms with Crippen molar-refractivity contribution in [3.63, 3.8) is 0 Å². The molecule has 86 valence electrons. The first-order chi connectivity index (χ1) is 7.17. The van der Waals surface area contributed by atoms with Crippen LogP contribution in [-0.4, -0.2) is 34.1 Å². The summed E-state index contributed by atoms with van der Waals surface area (Å²) in [7, 11) is -3.35. The highest BCUT2D eigenvalue weighted by Crippen LogP contribution is 2.14. The van der Waals surface area contributed by atoms with Crippen LogP contribution in [0.2, 0.25) is 0 Å². The van der Waals surface area contributed by atoms with Gasteiger partial charge in [-0.15, -0.1) is 22.9 Å². The highest BCUT2D eigenvalue weighted by Gasteiger charge is 2.13. The molecule has 0 aliphatic carbocycles. The number of halogens is 1. The third kappa shape index (κ3) is 4.48. The highest BCUT2D eigenvalue weighted by atomic mass is 35.5. The Labute approximate surface area is 98.3 Å². The Balaban J connectivity index is 2.32. The largest absolute Gasteiger partial charge is 0.379 e. The van der Waals surface area contributed by atoms with E-state index in [1.807, 2.05) is 0 Å². The van der Waals surface area contributed by atoms with E-state index in [-0.39, 0.29) is 6.54 Å². The number of alkyl halides is 1. The maximum atomic E-state index is 11.5. The molecule has 0 saturated carbocycles. The second kappa shape index (κ2) is 6.44. The van der Waals surface area contributed by atoms with Gasteiger partial charge in [-0.3, -0.25) is 0 Å². The second-order valence-electron chi connectivity index (χ2n) is 2.63. The van der Waals surface area contributed by atoms with Crippen LogP contribution in [0.3, 0.4) is 0 Å². The molecule has 1 rings (SSSR count). The quantitative estimate of drug-likeness (QED) is 0.599. The number of hydrogen-bond donors (Lipinski definition) is 1. The zero-order valence-corrected chi connectivity index (χ0v) is 10.4. The molecule has 0 amide bonds. The van der Waals surface area contributed by atoms with Gasteiger partial charge in [0.05, 0.1) is 13.2 Å². The van der Waals surface area contributed by atoms with Crippen molar-refractivity contribution in [2.45, 2.75) is 4.21 Å². The Kier molecular flexibility index (Phi) is 5.55. The van der Waals surface area contributed by atoms with Gasteiger partial charge in [-0.1, -0.05) is 6.07 Å². The van der Waals surface area contributed by atoms with E-state index in [0.29, 0.717) is 23.3 Å². The summed E-state index contributed by atoms with van der Waals surface area (Å²) in [6.45, 7) is 1.02. The molecule has 7 heteroatoms. The molecule has 0 radical (unpaired) electrons. The molecule has 1 aromatic heterocycles. The van der Waals surface area contributed by atoms with Crippen LogP contribution in [-0.2, 0) is 14.8 Å². The Hall–Kier alpha value is -0.140. The number of nitrogens with one attached hydrogen (secondary N) is 1. The predicted octanol–water partition coefficient (Wildman–Crippen LogP) is 1.28. The van der Waals surface area contributed by atoms with E-state index in [1.54, 1.807) is 17.5 Å². The summed E-state index contributed by atoms with van der Waals surface area (Å²) in [6.07, 6.45) is 0. The maximum absolute atomic E-state index is 11.5. The Morgan fingerprint density at radius 2 is 2.27 bits per heavy atom. The number of hydrogen-bond acceptors (Lipinski definition) is 4. The molecule has 0 aromatic carbocycles. The van der Waals surface area contributed by atoms with Gasteiger partial charge < -0.3 is 4.74 Å². The van der Waals surface area contributed by atoms with Crippen LogP contribution in [0, 0.1) is 0 Å². The van der Waals surface area contributed by atoms with Crippen molar-refractivity contribution in [3.8, 4) is 0 Å². The smallest absolute Gasteiger partial charge is 0.250 e. The van der Waals surface area contributed by atoms with Crippen molar-refractivity contribution >= 4 is 33.0 Å². The molecule has 0 fully saturated rings. The highest BCUT2D eigenvalue weighted by molar-refractivity contribution is 7.91. The van der Waals surface area contributed by atoms with Gasteiger partial charge in [0, 0.05) is 12.4 Å². The molecular formula is C8H12ClNO3S2. The lowest BCUT2D eigenvalue weighted by Gasteiger charge is -2.04. The van der Waals surface area contributed by atoms with E-state index in [0.717, 1.165) is 0 Å². The molecule has 1 aromatic rings. The number of rotatable bonds is 7. The lowest BCUT2D eigenvalue weighted by molar-refractivity contribution is 0.155. The van der Waals surface area contributed by atoms with Crippen LogP contribution in [0.4, 0.5) is 0 Å². The first-order valence-corrected chi connectivity index (χ1v) is 7.23. The van der Waals surface area contributed by atoms with Crippen LogP contribution in [0.15, 0.2) is 21.7 Å². The second-order valence-corrected chi connectivity index (χ2v) is 5.95. The summed E-state index contributed by atoms with van der Waals surface area (Å²) < 4.78 is 30.9. The van der Waals surface area contributed by atoms with E-state index in [4.69, 9.17) is 16.3 Å². The Morgan fingerprint density at radius 1 is 1.47 bits per heavy atom. The fourth-order valence-electron chi connectivity index (χ4n) is 0.892. The maximum Gasteiger partial charge on any atom is 0.250 e. The van der Waals surface area contributed by atoms with E-state index in [1.165, 1.54) is 11.3 Å². The minimum absolute atomic E-state index is 0.261. The molecule has 1 heterocycles. The van der Waals surface area contributed by atoms with Crippen LogP contribution in [0.5, 0.6) is 0 Å². The summed E-state index contributed by atoms with van der Waals surface area (Å²) in [5, 5.41) is 1.72. The standard InChI is InChI=1S/C8H12ClNO3S2/c9-3-5-13-6-4-10-15(11,12)8-2-1-7-14-8/h1-2,7,10H,3-6H2. The average molecular weight is 270 g/mol. The minimum Gasteiger partial charge on any atom is -0.379 e. The zero-order valence-electron chi connectivity index (χ0n) is 7.98.